The summed E-state index contributed by atoms with van der Waals surface area (Å²) in [6, 6.07) is 8.23. The van der Waals surface area contributed by atoms with E-state index in [1.807, 2.05) is 45.0 Å². The van der Waals surface area contributed by atoms with Gasteiger partial charge in [0.1, 0.15) is 5.60 Å². The van der Waals surface area contributed by atoms with Crippen LogP contribution in [0.2, 0.25) is 0 Å². The molecule has 0 fully saturated rings. The van der Waals surface area contributed by atoms with Gasteiger partial charge in [-0.05, 0) is 45.4 Å². The molecule has 0 bridgehead atoms. The summed E-state index contributed by atoms with van der Waals surface area (Å²) in [6.45, 7) is 8.79. The maximum Gasteiger partial charge on any atom is 0.410 e. The lowest BCUT2D eigenvalue weighted by atomic mass is 10.2. The van der Waals surface area contributed by atoms with Gasteiger partial charge in [0, 0.05) is 32.4 Å². The molecule has 22 heavy (non-hydrogen) atoms. The summed E-state index contributed by atoms with van der Waals surface area (Å²) in [5, 5.41) is 3.36. The van der Waals surface area contributed by atoms with Gasteiger partial charge in [0.25, 0.3) is 0 Å². The summed E-state index contributed by atoms with van der Waals surface area (Å²) in [6.07, 6.45) is -0.321. The predicted octanol–water partition coefficient (Wildman–Crippen LogP) is 3.50. The van der Waals surface area contributed by atoms with Crippen molar-refractivity contribution < 1.29 is 14.3 Å². The number of carbonyl (C=O) groups excluding carboxylic acids is 1. The zero-order chi connectivity index (χ0) is 16.8. The average molecular weight is 308 g/mol. The van der Waals surface area contributed by atoms with Crippen molar-refractivity contribution in [3.63, 3.8) is 0 Å². The highest BCUT2D eigenvalue weighted by Crippen LogP contribution is 2.15. The zero-order valence-electron chi connectivity index (χ0n) is 14.5. The maximum absolute atomic E-state index is 12.0. The van der Waals surface area contributed by atoms with Gasteiger partial charge in [-0.2, -0.15) is 0 Å². The smallest absolute Gasteiger partial charge is 0.410 e. The molecule has 0 aliphatic rings. The SMILES string of the molecule is COCC(C)Nc1cccc(CN(C)C(=O)OC(C)(C)C)c1. The van der Waals surface area contributed by atoms with Crippen LogP contribution in [0, 0.1) is 0 Å². The Bertz CT molecular complexity index is 483. The van der Waals surface area contributed by atoms with E-state index >= 15 is 0 Å². The van der Waals surface area contributed by atoms with Crippen LogP contribution in [0.25, 0.3) is 0 Å². The monoisotopic (exact) mass is 308 g/mol. The van der Waals surface area contributed by atoms with Gasteiger partial charge < -0.3 is 19.7 Å². The van der Waals surface area contributed by atoms with E-state index in [9.17, 15) is 4.79 Å². The number of nitrogens with zero attached hydrogens (tertiary/aromatic N) is 1. The molecule has 1 aromatic rings. The van der Waals surface area contributed by atoms with Gasteiger partial charge in [-0.1, -0.05) is 12.1 Å². The highest BCUT2D eigenvalue weighted by Gasteiger charge is 2.19. The Hall–Kier alpha value is -1.75. The van der Waals surface area contributed by atoms with E-state index in [-0.39, 0.29) is 12.1 Å². The minimum atomic E-state index is -0.482. The molecule has 1 atom stereocenters. The van der Waals surface area contributed by atoms with Gasteiger partial charge >= 0.3 is 6.09 Å². The third-order valence-corrected chi connectivity index (χ3v) is 2.88. The number of amides is 1. The number of benzene rings is 1. The number of rotatable bonds is 6. The predicted molar refractivity (Wildman–Crippen MR) is 89.1 cm³/mol. The number of ether oxygens (including phenoxy) is 2. The van der Waals surface area contributed by atoms with Crippen LogP contribution in [-0.2, 0) is 16.0 Å². The molecule has 0 radical (unpaired) electrons. The Kier molecular flexibility index (Phi) is 6.68. The van der Waals surface area contributed by atoms with E-state index in [1.54, 1.807) is 19.1 Å². The minimum absolute atomic E-state index is 0.226. The van der Waals surface area contributed by atoms with Crippen LogP contribution in [0.1, 0.15) is 33.3 Å². The molecule has 0 saturated carbocycles. The summed E-state index contributed by atoms with van der Waals surface area (Å²) in [7, 11) is 3.42. The molecule has 1 aromatic carbocycles. The molecule has 5 heteroatoms. The van der Waals surface area contributed by atoms with Gasteiger partial charge in [-0.15, -0.1) is 0 Å². The molecule has 124 valence electrons. The summed E-state index contributed by atoms with van der Waals surface area (Å²) in [4.78, 5) is 13.6. The molecule has 1 N–H and O–H groups in total. The fourth-order valence-electron chi connectivity index (χ4n) is 2.01. The minimum Gasteiger partial charge on any atom is -0.444 e. The molecule has 0 aliphatic heterocycles. The van der Waals surface area contributed by atoms with E-state index in [2.05, 4.69) is 12.2 Å². The van der Waals surface area contributed by atoms with E-state index in [1.165, 1.54) is 0 Å². The topological polar surface area (TPSA) is 50.8 Å². The Morgan fingerprint density at radius 2 is 2.05 bits per heavy atom. The van der Waals surface area contributed by atoms with Crippen molar-refractivity contribution in [2.75, 3.05) is 26.1 Å². The zero-order valence-corrected chi connectivity index (χ0v) is 14.5. The molecule has 0 heterocycles. The Morgan fingerprint density at radius 3 is 2.64 bits per heavy atom. The first-order valence-electron chi connectivity index (χ1n) is 7.50. The van der Waals surface area contributed by atoms with Gasteiger partial charge in [-0.25, -0.2) is 4.79 Å². The largest absolute Gasteiger partial charge is 0.444 e. The molecule has 5 nitrogen and oxygen atoms in total. The van der Waals surface area contributed by atoms with Gasteiger partial charge in [-0.3, -0.25) is 0 Å². The highest BCUT2D eigenvalue weighted by molar-refractivity contribution is 5.67. The van der Waals surface area contributed by atoms with E-state index < -0.39 is 5.60 Å². The third kappa shape index (κ3) is 6.80. The number of nitrogens with one attached hydrogen (secondary N) is 1. The van der Waals surface area contributed by atoms with E-state index in [0.717, 1.165) is 11.3 Å². The molecule has 1 amide bonds. The maximum atomic E-state index is 12.0. The number of hydrogen-bond acceptors (Lipinski definition) is 4. The van der Waals surface area contributed by atoms with Crippen LogP contribution >= 0.6 is 0 Å². The fraction of sp³-hybridized carbons (Fsp3) is 0.588. The summed E-state index contributed by atoms with van der Waals surface area (Å²) >= 11 is 0. The number of carbonyl (C=O) groups is 1. The molecule has 0 spiro atoms. The van der Waals surface area contributed by atoms with Crippen molar-refractivity contribution in [1.82, 2.24) is 4.90 Å². The highest BCUT2D eigenvalue weighted by atomic mass is 16.6. The Labute approximate surface area is 133 Å². The molecular weight excluding hydrogens is 280 g/mol. The first-order chi connectivity index (χ1) is 10.2. The van der Waals surface area contributed by atoms with Crippen molar-refractivity contribution in [2.45, 2.75) is 45.9 Å². The van der Waals surface area contributed by atoms with Crippen molar-refractivity contribution in [3.05, 3.63) is 29.8 Å². The second kappa shape index (κ2) is 8.03. The lowest BCUT2D eigenvalue weighted by Gasteiger charge is -2.25. The number of anilines is 1. The summed E-state index contributed by atoms with van der Waals surface area (Å²) in [5.41, 5.74) is 1.58. The van der Waals surface area contributed by atoms with Crippen LogP contribution in [0.3, 0.4) is 0 Å². The second-order valence-electron chi connectivity index (χ2n) is 6.54. The van der Waals surface area contributed by atoms with Gasteiger partial charge in [0.05, 0.1) is 6.61 Å². The van der Waals surface area contributed by atoms with E-state index in [4.69, 9.17) is 9.47 Å². The first-order valence-corrected chi connectivity index (χ1v) is 7.50. The Balaban J connectivity index is 2.64. The van der Waals surface area contributed by atoms with Crippen LogP contribution in [0.15, 0.2) is 24.3 Å². The quantitative estimate of drug-likeness (QED) is 0.874. The van der Waals surface area contributed by atoms with Crippen LogP contribution in [0.4, 0.5) is 10.5 Å². The van der Waals surface area contributed by atoms with Gasteiger partial charge in [0.2, 0.25) is 0 Å². The standard InChI is InChI=1S/C17H28N2O3/c1-13(12-21-6)18-15-9-7-8-14(10-15)11-19(5)16(20)22-17(2,3)4/h7-10,13,18H,11-12H2,1-6H3. The van der Waals surface area contributed by atoms with Crippen LogP contribution in [0.5, 0.6) is 0 Å². The molecule has 0 saturated heterocycles. The van der Waals surface area contributed by atoms with Crippen molar-refractivity contribution in [1.29, 1.82) is 0 Å². The number of methoxy groups -OCH3 is 1. The average Bonchev–Trinajstić information content (AvgIpc) is 2.37. The second-order valence-corrected chi connectivity index (χ2v) is 6.54. The molecule has 0 aliphatic carbocycles. The normalized spacial score (nSPS) is 12.6. The lowest BCUT2D eigenvalue weighted by Crippen LogP contribution is -2.33. The van der Waals surface area contributed by atoms with Crippen molar-refractivity contribution in [3.8, 4) is 0 Å². The van der Waals surface area contributed by atoms with Crippen LogP contribution < -0.4 is 5.32 Å². The van der Waals surface area contributed by atoms with Crippen molar-refractivity contribution >= 4 is 11.8 Å². The summed E-state index contributed by atoms with van der Waals surface area (Å²) in [5.74, 6) is 0. The van der Waals surface area contributed by atoms with Gasteiger partial charge in [0.15, 0.2) is 0 Å². The number of hydrogen-bond donors (Lipinski definition) is 1. The molecular formula is C17H28N2O3. The molecule has 1 unspecified atom stereocenters. The van der Waals surface area contributed by atoms with Crippen molar-refractivity contribution in [2.24, 2.45) is 0 Å². The lowest BCUT2D eigenvalue weighted by molar-refractivity contribution is 0.0285. The third-order valence-electron chi connectivity index (χ3n) is 2.88. The van der Waals surface area contributed by atoms with Crippen LogP contribution in [-0.4, -0.2) is 43.4 Å². The Morgan fingerprint density at radius 1 is 1.36 bits per heavy atom. The van der Waals surface area contributed by atoms with E-state index in [0.29, 0.717) is 13.2 Å². The first kappa shape index (κ1) is 18.3. The molecule has 1 rings (SSSR count). The summed E-state index contributed by atoms with van der Waals surface area (Å²) < 4.78 is 10.5. The fourth-order valence-corrected chi connectivity index (χ4v) is 2.01. The molecule has 0 aromatic heterocycles.